The fraction of sp³-hybridized carbons (Fsp3) is 0.273. The van der Waals surface area contributed by atoms with Crippen molar-refractivity contribution < 1.29 is 9.59 Å². The Balaban J connectivity index is 2.32. The number of nitrogens with one attached hydrogen (secondary N) is 1. The Labute approximate surface area is 98.2 Å². The van der Waals surface area contributed by atoms with Gasteiger partial charge in [0.2, 0.25) is 0 Å². The molecule has 1 fully saturated rings. The van der Waals surface area contributed by atoms with Crippen LogP contribution < -0.4 is 5.32 Å². The number of piperazine rings is 1. The van der Waals surface area contributed by atoms with E-state index >= 15 is 0 Å². The fourth-order valence-electron chi connectivity index (χ4n) is 1.77. The van der Waals surface area contributed by atoms with Crippen LogP contribution in [-0.2, 0) is 9.59 Å². The normalized spacial score (nSPS) is 20.9. The van der Waals surface area contributed by atoms with E-state index in [-0.39, 0.29) is 6.04 Å². The van der Waals surface area contributed by atoms with E-state index in [1.165, 1.54) is 4.90 Å². The van der Waals surface area contributed by atoms with Crippen LogP contribution >= 0.6 is 11.6 Å². The maximum Gasteiger partial charge on any atom is 0.312 e. The first-order valence-corrected chi connectivity index (χ1v) is 5.28. The fourth-order valence-corrected chi connectivity index (χ4v) is 2.03. The van der Waals surface area contributed by atoms with Crippen molar-refractivity contribution in [3.63, 3.8) is 0 Å². The zero-order valence-electron chi connectivity index (χ0n) is 8.74. The van der Waals surface area contributed by atoms with Crippen molar-refractivity contribution >= 4 is 23.4 Å². The average molecular weight is 239 g/mol. The van der Waals surface area contributed by atoms with Crippen molar-refractivity contribution in [3.8, 4) is 0 Å². The Kier molecular flexibility index (Phi) is 2.83. The largest absolute Gasteiger partial charge is 0.345 e. The Hall–Kier alpha value is -1.55. The molecule has 0 aliphatic carbocycles. The molecule has 1 aromatic carbocycles. The van der Waals surface area contributed by atoms with Gasteiger partial charge < -0.3 is 10.2 Å². The van der Waals surface area contributed by atoms with Crippen molar-refractivity contribution in [2.75, 3.05) is 13.6 Å². The Morgan fingerprint density at radius 3 is 2.75 bits per heavy atom. The van der Waals surface area contributed by atoms with Gasteiger partial charge in [0.15, 0.2) is 0 Å². The number of halogens is 1. The number of hydrogen-bond donors (Lipinski definition) is 1. The van der Waals surface area contributed by atoms with Crippen LogP contribution in [0.1, 0.15) is 11.6 Å². The van der Waals surface area contributed by atoms with Crippen LogP contribution in [-0.4, -0.2) is 30.3 Å². The molecule has 1 saturated heterocycles. The third-order valence-corrected chi connectivity index (χ3v) is 3.05. The van der Waals surface area contributed by atoms with Crippen LogP contribution in [0.4, 0.5) is 0 Å². The molecule has 2 rings (SSSR count). The maximum absolute atomic E-state index is 11.5. The van der Waals surface area contributed by atoms with Crippen molar-refractivity contribution in [2.45, 2.75) is 6.04 Å². The zero-order chi connectivity index (χ0) is 11.7. The molecule has 0 radical (unpaired) electrons. The van der Waals surface area contributed by atoms with E-state index in [1.54, 1.807) is 13.1 Å². The van der Waals surface area contributed by atoms with Gasteiger partial charge in [0.25, 0.3) is 0 Å². The summed E-state index contributed by atoms with van der Waals surface area (Å²) in [6.45, 7) is 0.394. The lowest BCUT2D eigenvalue weighted by Gasteiger charge is -2.32. The van der Waals surface area contributed by atoms with Crippen molar-refractivity contribution in [3.05, 3.63) is 34.9 Å². The van der Waals surface area contributed by atoms with Gasteiger partial charge >= 0.3 is 11.8 Å². The number of amides is 2. The number of hydrogen-bond acceptors (Lipinski definition) is 2. The maximum atomic E-state index is 11.5. The molecule has 0 unspecified atom stereocenters. The summed E-state index contributed by atoms with van der Waals surface area (Å²) in [6.07, 6.45) is 0. The minimum atomic E-state index is -0.564. The van der Waals surface area contributed by atoms with Crippen LogP contribution in [0.15, 0.2) is 24.3 Å². The summed E-state index contributed by atoms with van der Waals surface area (Å²) in [7, 11) is 1.61. The summed E-state index contributed by atoms with van der Waals surface area (Å²) in [4.78, 5) is 24.0. The quantitative estimate of drug-likeness (QED) is 0.742. The lowest BCUT2D eigenvalue weighted by molar-refractivity contribution is -0.149. The van der Waals surface area contributed by atoms with E-state index in [9.17, 15) is 9.59 Å². The van der Waals surface area contributed by atoms with Gasteiger partial charge in [0.05, 0.1) is 6.04 Å². The second kappa shape index (κ2) is 4.14. The molecular weight excluding hydrogens is 228 g/mol. The second-order valence-corrected chi connectivity index (χ2v) is 4.07. The predicted octanol–water partition coefficient (Wildman–Crippen LogP) is 0.969. The van der Waals surface area contributed by atoms with E-state index in [4.69, 9.17) is 11.6 Å². The van der Waals surface area contributed by atoms with Crippen LogP contribution in [0.25, 0.3) is 0 Å². The van der Waals surface area contributed by atoms with Crippen molar-refractivity contribution in [1.82, 2.24) is 10.2 Å². The summed E-state index contributed by atoms with van der Waals surface area (Å²) in [5, 5.41) is 3.15. The van der Waals surface area contributed by atoms with Gasteiger partial charge in [-0.1, -0.05) is 29.8 Å². The first kappa shape index (κ1) is 11.0. The molecule has 1 N–H and O–H groups in total. The van der Waals surface area contributed by atoms with Gasteiger partial charge in [0.1, 0.15) is 0 Å². The standard InChI is InChI=1S/C11H11ClN2O2/c1-14-9(6-13-10(15)11(14)16)7-4-2-3-5-8(7)12/h2-5,9H,6H2,1H3,(H,13,15)/t9-/m0/s1. The van der Waals surface area contributed by atoms with Gasteiger partial charge in [-0.05, 0) is 11.6 Å². The van der Waals surface area contributed by atoms with Gasteiger partial charge in [-0.25, -0.2) is 0 Å². The molecule has 5 heteroatoms. The molecular formula is C11H11ClN2O2. The highest BCUT2D eigenvalue weighted by molar-refractivity contribution is 6.35. The number of carbonyl (C=O) groups is 2. The smallest absolute Gasteiger partial charge is 0.312 e. The van der Waals surface area contributed by atoms with Crippen LogP contribution in [0.2, 0.25) is 5.02 Å². The van der Waals surface area contributed by atoms with E-state index in [0.29, 0.717) is 11.6 Å². The monoisotopic (exact) mass is 238 g/mol. The summed E-state index contributed by atoms with van der Waals surface area (Å²) in [5.74, 6) is -1.10. The molecule has 1 aliphatic rings. The minimum Gasteiger partial charge on any atom is -0.345 e. The number of likely N-dealkylation sites (N-methyl/N-ethyl adjacent to an activating group) is 1. The molecule has 1 atom stereocenters. The highest BCUT2D eigenvalue weighted by Crippen LogP contribution is 2.27. The molecule has 1 aliphatic heterocycles. The van der Waals surface area contributed by atoms with Crippen molar-refractivity contribution in [2.24, 2.45) is 0 Å². The third kappa shape index (κ3) is 1.76. The topological polar surface area (TPSA) is 49.4 Å². The zero-order valence-corrected chi connectivity index (χ0v) is 9.49. The summed E-state index contributed by atoms with van der Waals surface area (Å²) in [6, 6.07) is 7.11. The van der Waals surface area contributed by atoms with E-state index in [0.717, 1.165) is 5.56 Å². The van der Waals surface area contributed by atoms with E-state index in [2.05, 4.69) is 5.32 Å². The molecule has 1 aromatic rings. The van der Waals surface area contributed by atoms with Crippen LogP contribution in [0.5, 0.6) is 0 Å². The second-order valence-electron chi connectivity index (χ2n) is 3.66. The SMILES string of the molecule is CN1C(=O)C(=O)NC[C@H]1c1ccccc1Cl. The summed E-state index contributed by atoms with van der Waals surface area (Å²) >= 11 is 6.06. The third-order valence-electron chi connectivity index (χ3n) is 2.70. The minimum absolute atomic E-state index is 0.195. The van der Waals surface area contributed by atoms with E-state index in [1.807, 2.05) is 18.2 Å². The molecule has 0 saturated carbocycles. The van der Waals surface area contributed by atoms with Crippen molar-refractivity contribution in [1.29, 1.82) is 0 Å². The van der Waals surface area contributed by atoms with Gasteiger partial charge in [-0.2, -0.15) is 0 Å². The Bertz CT molecular complexity index is 447. The van der Waals surface area contributed by atoms with Gasteiger partial charge in [0, 0.05) is 18.6 Å². The summed E-state index contributed by atoms with van der Waals surface area (Å²) < 4.78 is 0. The van der Waals surface area contributed by atoms with Gasteiger partial charge in [-0.15, -0.1) is 0 Å². The number of nitrogens with zero attached hydrogens (tertiary/aromatic N) is 1. The molecule has 0 bridgehead atoms. The molecule has 0 spiro atoms. The molecule has 0 aromatic heterocycles. The summed E-state index contributed by atoms with van der Waals surface area (Å²) in [5.41, 5.74) is 0.847. The number of carbonyl (C=O) groups excluding carboxylic acids is 2. The number of rotatable bonds is 1. The first-order valence-electron chi connectivity index (χ1n) is 4.90. The lowest BCUT2D eigenvalue weighted by Crippen LogP contribution is -2.52. The molecule has 1 heterocycles. The lowest BCUT2D eigenvalue weighted by atomic mass is 10.0. The highest BCUT2D eigenvalue weighted by atomic mass is 35.5. The Morgan fingerprint density at radius 2 is 2.06 bits per heavy atom. The number of benzene rings is 1. The molecule has 84 valence electrons. The molecule has 4 nitrogen and oxygen atoms in total. The molecule has 16 heavy (non-hydrogen) atoms. The average Bonchev–Trinajstić information content (AvgIpc) is 2.28. The van der Waals surface area contributed by atoms with Crippen LogP contribution in [0.3, 0.4) is 0 Å². The molecule has 2 amide bonds. The van der Waals surface area contributed by atoms with Gasteiger partial charge in [-0.3, -0.25) is 9.59 Å². The predicted molar refractivity (Wildman–Crippen MR) is 60.0 cm³/mol. The van der Waals surface area contributed by atoms with E-state index < -0.39 is 11.8 Å². The highest BCUT2D eigenvalue weighted by Gasteiger charge is 2.32. The van der Waals surface area contributed by atoms with Crippen LogP contribution in [0, 0.1) is 0 Å². The first-order chi connectivity index (χ1) is 7.61. The Morgan fingerprint density at radius 1 is 1.38 bits per heavy atom.